The summed E-state index contributed by atoms with van der Waals surface area (Å²) in [5.41, 5.74) is 16.5. The van der Waals surface area contributed by atoms with Crippen LogP contribution in [0.2, 0.25) is 0 Å². The Morgan fingerprint density at radius 1 is 0.268 bits per heavy atom. The molecule has 4 atom stereocenters. The van der Waals surface area contributed by atoms with E-state index in [-0.39, 0.29) is 0 Å². The van der Waals surface area contributed by atoms with E-state index in [1.807, 2.05) is 0 Å². The van der Waals surface area contributed by atoms with E-state index in [1.165, 1.54) is 77.5 Å². The second kappa shape index (κ2) is 10.8. The molecular weight excluding hydrogens is 681 g/mol. The largest absolute Gasteiger partial charge is 0.340 e. The summed E-state index contributed by atoms with van der Waals surface area (Å²) in [6.07, 6.45) is 0. The molecule has 0 amide bonds. The number of benzene rings is 8. The molecule has 8 aromatic rings. The summed E-state index contributed by atoms with van der Waals surface area (Å²) in [7, 11) is 0. The van der Waals surface area contributed by atoms with Crippen LogP contribution in [-0.2, 0) is 31.9 Å². The minimum atomic E-state index is -0.796. The zero-order valence-electron chi connectivity index (χ0n) is 32.0. The predicted molar refractivity (Wildman–Crippen MR) is 223 cm³/mol. The van der Waals surface area contributed by atoms with Gasteiger partial charge in [-0.15, -0.1) is 0 Å². The van der Waals surface area contributed by atoms with Gasteiger partial charge in [0.25, 0.3) is 0 Å². The van der Waals surface area contributed by atoms with Gasteiger partial charge in [-0.3, -0.25) is 0 Å². The summed E-state index contributed by atoms with van der Waals surface area (Å²) < 4.78 is 15.9. The van der Waals surface area contributed by atoms with Crippen LogP contribution in [0.25, 0.3) is 10.8 Å². The van der Waals surface area contributed by atoms with Gasteiger partial charge >= 0.3 is 0 Å². The summed E-state index contributed by atoms with van der Waals surface area (Å²) in [5.74, 6) is 0. The lowest BCUT2D eigenvalue weighted by molar-refractivity contribution is -0.0261. The summed E-state index contributed by atoms with van der Waals surface area (Å²) in [6, 6.07) is 61.6. The predicted octanol–water partition coefficient (Wildman–Crippen LogP) is 11.9. The van der Waals surface area contributed by atoms with Crippen LogP contribution in [-0.4, -0.2) is 0 Å². The Bertz CT molecular complexity index is 2550. The minimum Gasteiger partial charge on any atom is -0.340 e. The third-order valence-electron chi connectivity index (χ3n) is 13.9. The number of hydrogen-bond acceptors (Lipinski definition) is 2. The second-order valence-corrected chi connectivity index (χ2v) is 16.2. The van der Waals surface area contributed by atoms with Crippen LogP contribution in [0, 0.1) is 27.7 Å². The molecule has 0 radical (unpaired) electrons. The fourth-order valence-electron chi connectivity index (χ4n) is 12.1. The number of ether oxygens (including phenoxy) is 2. The highest BCUT2D eigenvalue weighted by Gasteiger charge is 2.68. The van der Waals surface area contributed by atoms with Gasteiger partial charge in [0, 0.05) is 22.3 Å². The summed E-state index contributed by atoms with van der Waals surface area (Å²) in [5, 5.41) is 2.61. The molecule has 268 valence electrons. The van der Waals surface area contributed by atoms with Gasteiger partial charge < -0.3 is 9.47 Å². The van der Waals surface area contributed by atoms with Gasteiger partial charge in [-0.1, -0.05) is 170 Å². The Balaban J connectivity index is 1.30. The molecule has 4 unspecified atom stereocenters. The number of hydrogen-bond donors (Lipinski definition) is 0. The zero-order valence-corrected chi connectivity index (χ0v) is 32.0. The van der Waals surface area contributed by atoms with E-state index < -0.39 is 22.4 Å². The van der Waals surface area contributed by atoms with Crippen molar-refractivity contribution in [3.63, 3.8) is 0 Å². The first-order valence-corrected chi connectivity index (χ1v) is 19.9. The molecule has 8 aromatic carbocycles. The van der Waals surface area contributed by atoms with Gasteiger partial charge in [0.15, 0.2) is 0 Å². The first kappa shape index (κ1) is 32.2. The average Bonchev–Trinajstić information content (AvgIpc) is 3.97. The van der Waals surface area contributed by atoms with E-state index in [2.05, 4.69) is 198 Å². The molecule has 0 N–H and O–H groups in total. The molecule has 0 saturated heterocycles. The Kier molecular flexibility index (Phi) is 6.23. The Morgan fingerprint density at radius 2 is 0.464 bits per heavy atom. The van der Waals surface area contributed by atoms with Gasteiger partial charge in [-0.2, -0.15) is 0 Å². The van der Waals surface area contributed by atoms with Crippen LogP contribution in [0.5, 0.6) is 0 Å². The number of aryl methyl sites for hydroxylation is 4. The highest BCUT2D eigenvalue weighted by molar-refractivity contribution is 6.01. The van der Waals surface area contributed by atoms with Crippen molar-refractivity contribution < 1.29 is 9.47 Å². The van der Waals surface area contributed by atoms with E-state index in [4.69, 9.17) is 9.47 Å². The van der Waals surface area contributed by atoms with Crippen molar-refractivity contribution >= 4 is 10.8 Å². The van der Waals surface area contributed by atoms with E-state index >= 15 is 0 Å². The lowest BCUT2D eigenvalue weighted by Gasteiger charge is -2.37. The van der Waals surface area contributed by atoms with Crippen LogP contribution < -0.4 is 0 Å². The van der Waals surface area contributed by atoms with E-state index in [1.54, 1.807) is 0 Å². The second-order valence-electron chi connectivity index (χ2n) is 16.2. The van der Waals surface area contributed by atoms with Crippen molar-refractivity contribution in [1.82, 2.24) is 0 Å². The molecule has 12 rings (SSSR count). The molecule has 2 heteroatoms. The average molecular weight is 721 g/mol. The number of rotatable bonds is 4. The highest BCUT2D eigenvalue weighted by atomic mass is 16.5. The maximum absolute atomic E-state index is 7.93. The van der Waals surface area contributed by atoms with Gasteiger partial charge in [0.1, 0.15) is 22.4 Å². The van der Waals surface area contributed by atoms with Crippen molar-refractivity contribution in [1.29, 1.82) is 0 Å². The van der Waals surface area contributed by atoms with E-state index in [0.29, 0.717) is 0 Å². The maximum atomic E-state index is 7.93. The molecule has 0 aromatic heterocycles. The number of fused-ring (bicyclic) bond motifs is 17. The van der Waals surface area contributed by atoms with Crippen LogP contribution in [0.4, 0.5) is 0 Å². The summed E-state index contributed by atoms with van der Waals surface area (Å²) >= 11 is 0. The monoisotopic (exact) mass is 720 g/mol. The summed E-state index contributed by atoms with van der Waals surface area (Å²) in [6.45, 7) is 9.44. The SMILES string of the molecule is Cc1c2c(c(C)c3c(C)c4c(c(C)c13)C1(c3ccccc3)OC4(c3ccccc3)c3ccccc31)C1(c3ccccc3)OC2(c2ccccc2)c2ccccc21. The molecule has 4 heterocycles. The molecule has 0 saturated carbocycles. The van der Waals surface area contributed by atoms with E-state index in [0.717, 1.165) is 22.3 Å². The van der Waals surface area contributed by atoms with Crippen molar-refractivity contribution in [2.75, 3.05) is 0 Å². The third-order valence-corrected chi connectivity index (χ3v) is 13.9. The molecule has 0 spiro atoms. The first-order chi connectivity index (χ1) is 27.4. The van der Waals surface area contributed by atoms with Crippen LogP contribution >= 0.6 is 0 Å². The fraction of sp³-hybridized carbons (Fsp3) is 0.148. The van der Waals surface area contributed by atoms with Crippen molar-refractivity contribution in [2.45, 2.75) is 50.1 Å². The smallest absolute Gasteiger partial charge is 0.146 e. The zero-order chi connectivity index (χ0) is 37.6. The van der Waals surface area contributed by atoms with Crippen molar-refractivity contribution in [3.8, 4) is 0 Å². The fourth-order valence-corrected chi connectivity index (χ4v) is 12.1. The molecule has 0 fully saturated rings. The molecule has 56 heavy (non-hydrogen) atoms. The Hall–Kier alpha value is -6.06. The Labute approximate surface area is 328 Å². The lowest BCUT2D eigenvalue weighted by Crippen LogP contribution is -2.31. The first-order valence-electron chi connectivity index (χ1n) is 19.9. The molecule has 4 aliphatic heterocycles. The molecular formula is C54H40O2. The van der Waals surface area contributed by atoms with Crippen LogP contribution in [0.3, 0.4) is 0 Å². The molecule has 4 aliphatic rings. The quantitative estimate of drug-likeness (QED) is 0.180. The lowest BCUT2D eigenvalue weighted by atomic mass is 9.62. The van der Waals surface area contributed by atoms with Gasteiger partial charge in [0.2, 0.25) is 0 Å². The standard InChI is InChI=1S/C54H40O2/c1-33-45-34(2)49-50(54(40-27-15-8-16-28-40)44-32-20-19-31-43(44)53(49,56-54)39-25-13-7-14-26-39)36(4)46(45)35(3)48-47(33)51(37-21-9-5-10-22-37)41-29-17-18-30-42(41)52(48,55-51)38-23-11-6-12-24-38/h5-32H,1-4H3. The topological polar surface area (TPSA) is 18.5 Å². The maximum Gasteiger partial charge on any atom is 0.146 e. The molecule has 0 aliphatic carbocycles. The van der Waals surface area contributed by atoms with Gasteiger partial charge in [0.05, 0.1) is 0 Å². The summed E-state index contributed by atoms with van der Waals surface area (Å²) in [4.78, 5) is 0. The van der Waals surface area contributed by atoms with Crippen molar-refractivity contribution in [2.24, 2.45) is 0 Å². The molecule has 2 nitrogen and oxygen atoms in total. The normalized spacial score (nSPS) is 24.6. The third kappa shape index (κ3) is 3.41. The minimum absolute atomic E-state index is 0.796. The molecule has 4 bridgehead atoms. The van der Waals surface area contributed by atoms with E-state index in [9.17, 15) is 0 Å². The van der Waals surface area contributed by atoms with Crippen LogP contribution in [0.1, 0.15) is 89.0 Å². The van der Waals surface area contributed by atoms with Gasteiger partial charge in [-0.25, -0.2) is 0 Å². The van der Waals surface area contributed by atoms with Crippen LogP contribution in [0.15, 0.2) is 170 Å². The Morgan fingerprint density at radius 3 is 0.679 bits per heavy atom. The van der Waals surface area contributed by atoms with Gasteiger partial charge in [-0.05, 0) is 105 Å². The van der Waals surface area contributed by atoms with Crippen molar-refractivity contribution in [3.05, 3.63) is 259 Å². The highest BCUT2D eigenvalue weighted by Crippen LogP contribution is 2.71.